The topological polar surface area (TPSA) is 70.2 Å². The van der Waals surface area contributed by atoms with Crippen molar-refractivity contribution in [3.8, 4) is 0 Å². The maximum atomic E-state index is 11.3. The van der Waals surface area contributed by atoms with Crippen molar-refractivity contribution >= 4 is 29.0 Å². The van der Waals surface area contributed by atoms with E-state index >= 15 is 0 Å². The fraction of sp³-hybridized carbons (Fsp3) is 0.474. The maximum absolute atomic E-state index is 11.3. The van der Waals surface area contributed by atoms with Gasteiger partial charge in [-0.1, -0.05) is 106 Å². The molecule has 1 aromatic rings. The first-order valence-electron chi connectivity index (χ1n) is 16.1. The van der Waals surface area contributed by atoms with Gasteiger partial charge >= 0.3 is 6.18 Å². The van der Waals surface area contributed by atoms with Crippen LogP contribution < -0.4 is 16.0 Å². The summed E-state index contributed by atoms with van der Waals surface area (Å²) in [5.74, 6) is -0.766. The van der Waals surface area contributed by atoms with Gasteiger partial charge in [-0.15, -0.1) is 11.6 Å². The summed E-state index contributed by atoms with van der Waals surface area (Å²) in [6.45, 7) is 17.0. The van der Waals surface area contributed by atoms with Gasteiger partial charge in [-0.05, 0) is 74.9 Å². The summed E-state index contributed by atoms with van der Waals surface area (Å²) in [6, 6.07) is 9.00. The van der Waals surface area contributed by atoms with E-state index in [4.69, 9.17) is 0 Å². The number of unbranched alkanes of at least 4 members (excludes halogenated alkanes) is 1. The van der Waals surface area contributed by atoms with Gasteiger partial charge in [0.25, 0.3) is 5.91 Å². The van der Waals surface area contributed by atoms with Crippen LogP contribution in [-0.4, -0.2) is 50.6 Å². The van der Waals surface area contributed by atoms with Crippen LogP contribution in [0.1, 0.15) is 84.8 Å². The molecule has 0 aliphatic heterocycles. The van der Waals surface area contributed by atoms with Crippen LogP contribution in [0.3, 0.4) is 0 Å². The minimum Gasteiger partial charge on any atom is -0.352 e. The van der Waals surface area contributed by atoms with Gasteiger partial charge in [0.2, 0.25) is 5.91 Å². The van der Waals surface area contributed by atoms with Crippen LogP contribution in [-0.2, 0) is 15.0 Å². The number of hydrogen-bond acceptors (Lipinski definition) is 3. The molecule has 0 saturated heterocycles. The number of fused-ring (bicyclic) bond motifs is 2. The minimum absolute atomic E-state index is 0.0924. The molecule has 0 radical (unpaired) electrons. The van der Waals surface area contributed by atoms with Crippen molar-refractivity contribution in [1.82, 2.24) is 16.0 Å². The summed E-state index contributed by atoms with van der Waals surface area (Å²) >= 11 is 4.64. The van der Waals surface area contributed by atoms with Crippen LogP contribution in [0.15, 0.2) is 90.1 Å². The van der Waals surface area contributed by atoms with Crippen molar-refractivity contribution < 1.29 is 22.8 Å². The Kier molecular flexibility index (Phi) is 22.2. The zero-order valence-electron chi connectivity index (χ0n) is 29.3. The number of carbonyl (C=O) groups is 2. The molecule has 0 saturated carbocycles. The Morgan fingerprint density at radius 2 is 1.70 bits per heavy atom. The van der Waals surface area contributed by atoms with Gasteiger partial charge in [0, 0.05) is 30.8 Å². The zero-order chi connectivity index (χ0) is 35.9. The maximum Gasteiger partial charge on any atom is 0.405 e. The highest BCUT2D eigenvalue weighted by molar-refractivity contribution is 6.15. The Morgan fingerprint density at radius 1 is 1.02 bits per heavy atom. The fourth-order valence-electron chi connectivity index (χ4n) is 4.96. The van der Waals surface area contributed by atoms with Crippen LogP contribution in [0.5, 0.6) is 0 Å². The van der Waals surface area contributed by atoms with Gasteiger partial charge in [0.05, 0.1) is 0 Å². The molecule has 5 nitrogen and oxygen atoms in total. The molecular formula is C38H55ClF3N3O2. The molecule has 2 aliphatic rings. The van der Waals surface area contributed by atoms with E-state index in [1.165, 1.54) is 47.9 Å². The molecule has 262 valence electrons. The second-order valence-corrected chi connectivity index (χ2v) is 11.5. The number of hydrogen-bond donors (Lipinski definition) is 3. The first kappa shape index (κ1) is 43.6. The predicted molar refractivity (Wildman–Crippen MR) is 194 cm³/mol. The van der Waals surface area contributed by atoms with E-state index in [0.717, 1.165) is 32.9 Å². The Morgan fingerprint density at radius 3 is 2.28 bits per heavy atom. The van der Waals surface area contributed by atoms with Crippen molar-refractivity contribution in [3.05, 3.63) is 101 Å². The first-order chi connectivity index (χ1) is 22.3. The largest absolute Gasteiger partial charge is 0.405 e. The normalized spacial score (nSPS) is 15.8. The SMILES string of the molecule is C=C(/C=C\C=C(C)C)C(=O)NCCC.CC(=O)NCC(F)(F)F.CCNCCCCC1(C)C2=C(C=CC=CC2)c2ccccc21.CCl. The van der Waals surface area contributed by atoms with Crippen LogP contribution in [0.2, 0.25) is 0 Å². The van der Waals surface area contributed by atoms with Gasteiger partial charge < -0.3 is 16.0 Å². The summed E-state index contributed by atoms with van der Waals surface area (Å²) in [7, 11) is 0. The van der Waals surface area contributed by atoms with Gasteiger partial charge in [-0.3, -0.25) is 9.59 Å². The Labute approximate surface area is 286 Å². The Balaban J connectivity index is 0.000000730. The van der Waals surface area contributed by atoms with E-state index in [-0.39, 0.29) is 11.3 Å². The molecule has 0 aromatic heterocycles. The standard InChI is InChI=1S/C21H27N.C12H19NO.C4H6F3NO.CH3Cl/c1-3-22-16-10-9-15-21(2)19-13-6-4-5-11-17(19)18-12-7-8-14-20(18)21;1-5-9-13-12(14)11(4)8-6-7-10(2)3;1-3(9)8-2-4(5,6)7;1-2/h4-8,11-12,14,22H,3,9-10,13,15-16H2,1-2H3;6-8H,4-5,9H2,1-3H3,(H,13,14);2H2,1H3,(H,8,9);1H3/b;8-6-;;. The van der Waals surface area contributed by atoms with Crippen molar-refractivity contribution in [2.24, 2.45) is 0 Å². The molecule has 0 heterocycles. The number of allylic oxidation sites excluding steroid dienone is 9. The third-order valence-electron chi connectivity index (χ3n) is 7.26. The summed E-state index contributed by atoms with van der Waals surface area (Å²) in [5, 5.41) is 7.82. The molecule has 1 atom stereocenters. The van der Waals surface area contributed by atoms with Crippen molar-refractivity contribution in [2.45, 2.75) is 85.2 Å². The van der Waals surface area contributed by atoms with Crippen LogP contribution in [0.4, 0.5) is 13.2 Å². The molecule has 9 heteroatoms. The number of halogens is 4. The number of carbonyl (C=O) groups excluding carboxylic acids is 2. The zero-order valence-corrected chi connectivity index (χ0v) is 30.0. The minimum atomic E-state index is -4.30. The highest BCUT2D eigenvalue weighted by Gasteiger charge is 2.39. The smallest absolute Gasteiger partial charge is 0.352 e. The first-order valence-corrected chi connectivity index (χ1v) is 16.9. The molecule has 0 fully saturated rings. The molecule has 1 aromatic carbocycles. The molecular weight excluding hydrogens is 623 g/mol. The lowest BCUT2D eigenvalue weighted by atomic mass is 9.74. The average Bonchev–Trinajstić information content (AvgIpc) is 3.17. The molecule has 2 amide bonds. The number of amides is 2. The molecule has 3 rings (SSSR count). The Bertz CT molecular complexity index is 1270. The Hall–Kier alpha value is -3.36. The monoisotopic (exact) mass is 677 g/mol. The van der Waals surface area contributed by atoms with Gasteiger partial charge in [-0.25, -0.2) is 0 Å². The van der Waals surface area contributed by atoms with Crippen molar-refractivity contribution in [2.75, 3.05) is 32.6 Å². The lowest BCUT2D eigenvalue weighted by Crippen LogP contribution is -2.31. The molecule has 2 aliphatic carbocycles. The second kappa shape index (κ2) is 23.9. The van der Waals surface area contributed by atoms with Crippen molar-refractivity contribution in [3.63, 3.8) is 0 Å². The van der Waals surface area contributed by atoms with E-state index < -0.39 is 18.6 Å². The average molecular weight is 678 g/mol. The quantitative estimate of drug-likeness (QED) is 0.0895. The molecule has 3 N–H and O–H groups in total. The highest BCUT2D eigenvalue weighted by atomic mass is 35.5. The molecule has 47 heavy (non-hydrogen) atoms. The van der Waals surface area contributed by atoms with E-state index in [1.807, 2.05) is 32.9 Å². The number of nitrogens with one attached hydrogen (secondary N) is 3. The highest BCUT2D eigenvalue weighted by Crippen LogP contribution is 2.51. The predicted octanol–water partition coefficient (Wildman–Crippen LogP) is 9.14. The van der Waals surface area contributed by atoms with Crippen LogP contribution in [0, 0.1) is 0 Å². The fourth-order valence-corrected chi connectivity index (χ4v) is 4.96. The summed E-state index contributed by atoms with van der Waals surface area (Å²) in [6.07, 6.45) is 17.5. The van der Waals surface area contributed by atoms with E-state index in [2.05, 4.69) is 91.2 Å². The lowest BCUT2D eigenvalue weighted by molar-refractivity contribution is -0.137. The van der Waals surface area contributed by atoms with Crippen LogP contribution >= 0.6 is 11.6 Å². The lowest BCUT2D eigenvalue weighted by Gasteiger charge is -2.30. The second-order valence-electron chi connectivity index (χ2n) is 11.5. The number of benzene rings is 1. The summed E-state index contributed by atoms with van der Waals surface area (Å²) < 4.78 is 33.6. The van der Waals surface area contributed by atoms with E-state index in [9.17, 15) is 22.8 Å². The number of alkyl halides is 4. The molecule has 1 unspecified atom stereocenters. The van der Waals surface area contributed by atoms with Gasteiger partial charge in [0.15, 0.2) is 0 Å². The van der Waals surface area contributed by atoms with Gasteiger partial charge in [-0.2, -0.15) is 13.2 Å². The summed E-state index contributed by atoms with van der Waals surface area (Å²) in [4.78, 5) is 21.2. The molecule has 0 bridgehead atoms. The molecule has 0 spiro atoms. The van der Waals surface area contributed by atoms with E-state index in [1.54, 1.807) is 17.0 Å². The van der Waals surface area contributed by atoms with Gasteiger partial charge in [0.1, 0.15) is 6.54 Å². The van der Waals surface area contributed by atoms with Crippen molar-refractivity contribution in [1.29, 1.82) is 0 Å². The van der Waals surface area contributed by atoms with Crippen LogP contribution in [0.25, 0.3) is 5.57 Å². The van der Waals surface area contributed by atoms with E-state index in [0.29, 0.717) is 12.1 Å². The third-order valence-corrected chi connectivity index (χ3v) is 7.26. The number of rotatable bonds is 12. The summed E-state index contributed by atoms with van der Waals surface area (Å²) in [5.41, 5.74) is 7.96. The third kappa shape index (κ3) is 17.4.